The van der Waals surface area contributed by atoms with E-state index < -0.39 is 12.0 Å². The van der Waals surface area contributed by atoms with Crippen LogP contribution >= 0.6 is 0 Å². The number of hydrogen-bond donors (Lipinski definition) is 3. The average molecular weight is 289 g/mol. The minimum atomic E-state index is -1.03. The minimum absolute atomic E-state index is 0.152. The van der Waals surface area contributed by atoms with Gasteiger partial charge in [-0.3, -0.25) is 0 Å². The molecule has 21 heavy (non-hydrogen) atoms. The van der Waals surface area contributed by atoms with Crippen molar-refractivity contribution in [2.24, 2.45) is 0 Å². The fraction of sp³-hybridized carbons (Fsp3) is 0.214. The SMILES string of the molecule is Cc1cc(CNC(=O)Nc2ccc(C)c(C(=O)O)c2)on1. The van der Waals surface area contributed by atoms with Crippen LogP contribution in [0.1, 0.15) is 27.4 Å². The number of nitrogens with zero attached hydrogens (tertiary/aromatic N) is 1. The van der Waals surface area contributed by atoms with Crippen molar-refractivity contribution in [2.75, 3.05) is 5.32 Å². The van der Waals surface area contributed by atoms with Crippen molar-refractivity contribution in [3.63, 3.8) is 0 Å². The predicted octanol–water partition coefficient (Wildman–Crippen LogP) is 2.31. The number of aromatic carboxylic acids is 1. The maximum absolute atomic E-state index is 11.7. The van der Waals surface area contributed by atoms with Gasteiger partial charge in [-0.1, -0.05) is 11.2 Å². The zero-order valence-electron chi connectivity index (χ0n) is 11.6. The van der Waals surface area contributed by atoms with Gasteiger partial charge < -0.3 is 20.3 Å². The number of carbonyl (C=O) groups is 2. The number of hydrogen-bond acceptors (Lipinski definition) is 4. The Bertz CT molecular complexity index is 679. The Morgan fingerprint density at radius 3 is 2.67 bits per heavy atom. The standard InChI is InChI=1S/C14H15N3O4/c1-8-3-4-10(6-12(8)13(18)19)16-14(20)15-7-11-5-9(2)17-21-11/h3-6H,7H2,1-2H3,(H,18,19)(H2,15,16,20). The zero-order chi connectivity index (χ0) is 15.4. The Morgan fingerprint density at radius 1 is 1.29 bits per heavy atom. The summed E-state index contributed by atoms with van der Waals surface area (Å²) in [4.78, 5) is 22.8. The number of rotatable bonds is 4. The molecule has 0 aliphatic rings. The van der Waals surface area contributed by atoms with Gasteiger partial charge in [0.05, 0.1) is 17.8 Å². The summed E-state index contributed by atoms with van der Waals surface area (Å²) in [5.41, 5.74) is 1.92. The summed E-state index contributed by atoms with van der Waals surface area (Å²) < 4.78 is 4.96. The molecule has 0 fully saturated rings. The first-order valence-electron chi connectivity index (χ1n) is 6.26. The number of carboxylic acid groups (broad SMARTS) is 1. The summed E-state index contributed by atoms with van der Waals surface area (Å²) in [6, 6.07) is 5.95. The highest BCUT2D eigenvalue weighted by atomic mass is 16.5. The van der Waals surface area contributed by atoms with Crippen molar-refractivity contribution in [3.8, 4) is 0 Å². The van der Waals surface area contributed by atoms with Gasteiger partial charge in [-0.05, 0) is 31.5 Å². The van der Waals surface area contributed by atoms with Crippen molar-refractivity contribution in [3.05, 3.63) is 46.8 Å². The van der Waals surface area contributed by atoms with Gasteiger partial charge in [-0.2, -0.15) is 0 Å². The number of nitrogens with one attached hydrogen (secondary N) is 2. The van der Waals surface area contributed by atoms with Crippen LogP contribution in [-0.4, -0.2) is 22.3 Å². The molecule has 1 aromatic heterocycles. The maximum atomic E-state index is 11.7. The third-order valence-electron chi connectivity index (χ3n) is 2.83. The molecular formula is C14H15N3O4. The van der Waals surface area contributed by atoms with Crippen LogP contribution in [0.25, 0.3) is 0 Å². The summed E-state index contributed by atoms with van der Waals surface area (Å²) in [5, 5.41) is 17.9. The second-order valence-corrected chi connectivity index (χ2v) is 4.58. The van der Waals surface area contributed by atoms with Crippen molar-refractivity contribution < 1.29 is 19.2 Å². The zero-order valence-corrected chi connectivity index (χ0v) is 11.6. The summed E-state index contributed by atoms with van der Waals surface area (Å²) in [6.07, 6.45) is 0. The molecule has 0 unspecified atom stereocenters. The molecule has 2 amide bonds. The van der Waals surface area contributed by atoms with Crippen LogP contribution in [0.4, 0.5) is 10.5 Å². The Morgan fingerprint density at radius 2 is 2.05 bits per heavy atom. The van der Waals surface area contributed by atoms with Crippen LogP contribution < -0.4 is 10.6 Å². The quantitative estimate of drug-likeness (QED) is 0.801. The van der Waals surface area contributed by atoms with E-state index >= 15 is 0 Å². The molecular weight excluding hydrogens is 274 g/mol. The van der Waals surface area contributed by atoms with E-state index in [1.165, 1.54) is 6.07 Å². The molecule has 1 aromatic carbocycles. The summed E-state index contributed by atoms with van der Waals surface area (Å²) in [5.74, 6) is -0.494. The van der Waals surface area contributed by atoms with Gasteiger partial charge in [0.15, 0.2) is 5.76 Å². The molecule has 0 spiro atoms. The van der Waals surface area contributed by atoms with E-state index in [1.54, 1.807) is 32.0 Å². The third-order valence-corrected chi connectivity index (χ3v) is 2.83. The molecule has 7 nitrogen and oxygen atoms in total. The number of carbonyl (C=O) groups excluding carboxylic acids is 1. The summed E-state index contributed by atoms with van der Waals surface area (Å²) in [7, 11) is 0. The Kier molecular flexibility index (Phi) is 4.22. The van der Waals surface area contributed by atoms with Crippen molar-refractivity contribution >= 4 is 17.7 Å². The van der Waals surface area contributed by atoms with Crippen molar-refractivity contribution in [1.82, 2.24) is 10.5 Å². The Balaban J connectivity index is 1.96. The van der Waals surface area contributed by atoms with Gasteiger partial charge >= 0.3 is 12.0 Å². The van der Waals surface area contributed by atoms with Crippen molar-refractivity contribution in [2.45, 2.75) is 20.4 Å². The third kappa shape index (κ3) is 3.82. The fourth-order valence-corrected chi connectivity index (χ4v) is 1.77. The maximum Gasteiger partial charge on any atom is 0.336 e. The van der Waals surface area contributed by atoms with Crippen LogP contribution in [0.2, 0.25) is 0 Å². The molecule has 0 bridgehead atoms. The van der Waals surface area contributed by atoms with Gasteiger partial charge in [0.25, 0.3) is 0 Å². The lowest BCUT2D eigenvalue weighted by Gasteiger charge is -2.08. The van der Waals surface area contributed by atoms with Gasteiger partial charge in [-0.15, -0.1) is 0 Å². The molecule has 2 rings (SSSR count). The number of amides is 2. The van der Waals surface area contributed by atoms with E-state index in [-0.39, 0.29) is 12.1 Å². The highest BCUT2D eigenvalue weighted by molar-refractivity contribution is 5.94. The largest absolute Gasteiger partial charge is 0.478 e. The molecule has 0 aliphatic carbocycles. The van der Waals surface area contributed by atoms with Crippen LogP contribution in [0.5, 0.6) is 0 Å². The molecule has 0 saturated heterocycles. The Hall–Kier alpha value is -2.83. The number of anilines is 1. The van der Waals surface area contributed by atoms with E-state index in [0.29, 0.717) is 17.0 Å². The van der Waals surface area contributed by atoms with E-state index in [4.69, 9.17) is 9.63 Å². The van der Waals surface area contributed by atoms with E-state index in [9.17, 15) is 9.59 Å². The highest BCUT2D eigenvalue weighted by Gasteiger charge is 2.10. The number of urea groups is 1. The smallest absolute Gasteiger partial charge is 0.336 e. The van der Waals surface area contributed by atoms with Gasteiger partial charge in [0, 0.05) is 11.8 Å². The summed E-state index contributed by atoms with van der Waals surface area (Å²) >= 11 is 0. The van der Waals surface area contributed by atoms with Gasteiger partial charge in [-0.25, -0.2) is 9.59 Å². The molecule has 2 aromatic rings. The van der Waals surface area contributed by atoms with E-state index in [0.717, 1.165) is 5.69 Å². The van der Waals surface area contributed by atoms with E-state index in [2.05, 4.69) is 15.8 Å². The van der Waals surface area contributed by atoms with Crippen LogP contribution in [0.15, 0.2) is 28.8 Å². The topological polar surface area (TPSA) is 104 Å². The molecule has 0 saturated carbocycles. The van der Waals surface area contributed by atoms with Crippen LogP contribution in [0, 0.1) is 13.8 Å². The van der Waals surface area contributed by atoms with E-state index in [1.807, 2.05) is 0 Å². The van der Waals surface area contributed by atoms with Crippen LogP contribution in [0.3, 0.4) is 0 Å². The molecule has 1 heterocycles. The monoisotopic (exact) mass is 289 g/mol. The highest BCUT2D eigenvalue weighted by Crippen LogP contribution is 2.15. The molecule has 0 radical (unpaired) electrons. The number of aromatic nitrogens is 1. The number of carboxylic acids is 1. The first-order chi connectivity index (χ1) is 9.95. The number of benzene rings is 1. The second-order valence-electron chi connectivity index (χ2n) is 4.58. The summed E-state index contributed by atoms with van der Waals surface area (Å²) in [6.45, 7) is 3.68. The molecule has 0 aliphatic heterocycles. The number of aryl methyl sites for hydroxylation is 2. The van der Waals surface area contributed by atoms with Crippen molar-refractivity contribution in [1.29, 1.82) is 0 Å². The normalized spacial score (nSPS) is 10.2. The second kappa shape index (κ2) is 6.08. The molecule has 110 valence electrons. The molecule has 3 N–H and O–H groups in total. The van der Waals surface area contributed by atoms with Gasteiger partial charge in [0.2, 0.25) is 0 Å². The first kappa shape index (κ1) is 14.6. The molecule has 7 heteroatoms. The predicted molar refractivity (Wildman–Crippen MR) is 75.2 cm³/mol. The lowest BCUT2D eigenvalue weighted by molar-refractivity contribution is 0.0696. The lowest BCUT2D eigenvalue weighted by Crippen LogP contribution is -2.28. The lowest BCUT2D eigenvalue weighted by atomic mass is 10.1. The van der Waals surface area contributed by atoms with Crippen LogP contribution in [-0.2, 0) is 6.54 Å². The Labute approximate surface area is 120 Å². The fourth-order valence-electron chi connectivity index (χ4n) is 1.77. The first-order valence-corrected chi connectivity index (χ1v) is 6.26. The molecule has 0 atom stereocenters. The minimum Gasteiger partial charge on any atom is -0.478 e. The average Bonchev–Trinajstić information content (AvgIpc) is 2.84. The van der Waals surface area contributed by atoms with Gasteiger partial charge in [0.1, 0.15) is 0 Å².